The minimum Gasteiger partial charge on any atom is -0.395 e. The number of hydrogen-bond acceptors (Lipinski definition) is 3. The summed E-state index contributed by atoms with van der Waals surface area (Å²) in [5, 5.41) is 12.3. The third-order valence-electron chi connectivity index (χ3n) is 1.21. The Bertz CT molecular complexity index is 63.4. The molecule has 2 nitrogen and oxygen atoms in total. The average Bonchev–Trinajstić information content (AvgIpc) is 1.90. The summed E-state index contributed by atoms with van der Waals surface area (Å²) in [5.41, 5.74) is 0. The summed E-state index contributed by atoms with van der Waals surface area (Å²) in [4.78, 5) is 0. The van der Waals surface area contributed by atoms with Crippen LogP contribution >= 0.6 is 11.8 Å². The van der Waals surface area contributed by atoms with Gasteiger partial charge in [0.15, 0.2) is 0 Å². The van der Waals surface area contributed by atoms with E-state index in [0.29, 0.717) is 11.9 Å². The Hall–Kier alpha value is 0.270. The van der Waals surface area contributed by atoms with E-state index in [2.05, 4.69) is 5.32 Å². The van der Waals surface area contributed by atoms with Crippen molar-refractivity contribution in [1.29, 1.82) is 0 Å². The van der Waals surface area contributed by atoms with Gasteiger partial charge in [-0.1, -0.05) is 0 Å². The number of aliphatic hydroxyl groups is 1. The zero-order valence-corrected chi connectivity index (χ0v) is 5.58. The number of rotatable bonds is 1. The summed E-state index contributed by atoms with van der Waals surface area (Å²) in [5.74, 6) is 1.14. The number of nitrogens with one attached hydrogen (secondary N) is 1. The van der Waals surface area contributed by atoms with E-state index in [0.717, 1.165) is 18.8 Å². The minimum absolute atomic E-state index is 0.317. The lowest BCUT2D eigenvalue weighted by molar-refractivity contribution is 0.290. The molecule has 1 saturated heterocycles. The van der Waals surface area contributed by atoms with Gasteiger partial charge in [0.25, 0.3) is 0 Å². The van der Waals surface area contributed by atoms with Crippen LogP contribution in [0.1, 0.15) is 0 Å². The van der Waals surface area contributed by atoms with Crippen molar-refractivity contribution < 1.29 is 5.11 Å². The van der Waals surface area contributed by atoms with Crippen LogP contribution in [0.4, 0.5) is 0 Å². The van der Waals surface area contributed by atoms with E-state index in [9.17, 15) is 0 Å². The molecule has 1 rings (SSSR count). The fourth-order valence-corrected chi connectivity index (χ4v) is 1.67. The Labute approximate surface area is 53.7 Å². The fourth-order valence-electron chi connectivity index (χ4n) is 0.737. The molecule has 48 valence electrons. The van der Waals surface area contributed by atoms with Gasteiger partial charge < -0.3 is 10.4 Å². The third kappa shape index (κ3) is 1.65. The lowest BCUT2D eigenvalue weighted by Crippen LogP contribution is -2.34. The highest BCUT2D eigenvalue weighted by molar-refractivity contribution is 8.00. The molecule has 0 unspecified atom stereocenters. The van der Waals surface area contributed by atoms with Gasteiger partial charge in [0.1, 0.15) is 0 Å². The molecule has 3 heteroatoms. The van der Waals surface area contributed by atoms with E-state index < -0.39 is 0 Å². The third-order valence-corrected chi connectivity index (χ3v) is 2.44. The van der Waals surface area contributed by atoms with Crippen LogP contribution in [-0.2, 0) is 0 Å². The number of thioether (sulfide) groups is 1. The molecule has 1 heterocycles. The van der Waals surface area contributed by atoms with Crippen molar-refractivity contribution >= 4 is 11.8 Å². The van der Waals surface area contributed by atoms with Crippen molar-refractivity contribution in [3.8, 4) is 0 Å². The van der Waals surface area contributed by atoms with Crippen LogP contribution < -0.4 is 5.32 Å². The molecule has 1 fully saturated rings. The maximum absolute atomic E-state index is 8.63. The first-order valence-corrected chi connectivity index (χ1v) is 3.91. The molecule has 0 saturated carbocycles. The Morgan fingerprint density at radius 1 is 1.75 bits per heavy atom. The van der Waals surface area contributed by atoms with Crippen LogP contribution in [0.5, 0.6) is 0 Å². The van der Waals surface area contributed by atoms with Gasteiger partial charge in [0.05, 0.1) is 6.61 Å². The summed E-state index contributed by atoms with van der Waals surface area (Å²) < 4.78 is 0. The SMILES string of the molecule is OC[C@@H]1CNCCS1. The number of hydrogen-bond donors (Lipinski definition) is 2. The molecule has 1 aliphatic rings. The molecule has 2 N–H and O–H groups in total. The van der Waals surface area contributed by atoms with Crippen LogP contribution in [0.3, 0.4) is 0 Å². The Morgan fingerprint density at radius 3 is 3.00 bits per heavy atom. The summed E-state index contributed by atoms with van der Waals surface area (Å²) in [6.07, 6.45) is 0. The first-order valence-electron chi connectivity index (χ1n) is 2.86. The van der Waals surface area contributed by atoms with E-state index in [1.54, 1.807) is 0 Å². The molecule has 0 aromatic rings. The van der Waals surface area contributed by atoms with Crippen LogP contribution in [0.15, 0.2) is 0 Å². The lowest BCUT2D eigenvalue weighted by atomic mass is 10.4. The van der Waals surface area contributed by atoms with Gasteiger partial charge in [-0.25, -0.2) is 0 Å². The van der Waals surface area contributed by atoms with Gasteiger partial charge in [-0.2, -0.15) is 11.8 Å². The molecule has 1 aliphatic heterocycles. The van der Waals surface area contributed by atoms with Crippen molar-refractivity contribution in [2.75, 3.05) is 25.4 Å². The monoisotopic (exact) mass is 133 g/mol. The highest BCUT2D eigenvalue weighted by Gasteiger charge is 2.10. The molecule has 0 radical (unpaired) electrons. The molecular weight excluding hydrogens is 122 g/mol. The summed E-state index contributed by atoms with van der Waals surface area (Å²) >= 11 is 1.85. The highest BCUT2D eigenvalue weighted by atomic mass is 32.2. The molecule has 0 bridgehead atoms. The van der Waals surface area contributed by atoms with E-state index >= 15 is 0 Å². The Kier molecular flexibility index (Phi) is 2.66. The van der Waals surface area contributed by atoms with Crippen molar-refractivity contribution in [3.05, 3.63) is 0 Å². The summed E-state index contributed by atoms with van der Waals surface area (Å²) in [6, 6.07) is 0. The van der Waals surface area contributed by atoms with E-state index in [-0.39, 0.29) is 0 Å². The number of aliphatic hydroxyl groups excluding tert-OH is 1. The molecule has 0 aromatic carbocycles. The van der Waals surface area contributed by atoms with E-state index in [1.807, 2.05) is 11.8 Å². The standard InChI is InChI=1S/C5H11NOS/c7-4-5-3-6-1-2-8-5/h5-7H,1-4H2/t5-/m0/s1. The molecule has 8 heavy (non-hydrogen) atoms. The molecular formula is C5H11NOS. The zero-order chi connectivity index (χ0) is 5.82. The maximum atomic E-state index is 8.63. The molecule has 0 aliphatic carbocycles. The van der Waals surface area contributed by atoms with Crippen molar-refractivity contribution in [1.82, 2.24) is 5.32 Å². The predicted molar refractivity (Wildman–Crippen MR) is 36.2 cm³/mol. The second-order valence-electron chi connectivity index (χ2n) is 1.88. The van der Waals surface area contributed by atoms with E-state index in [1.165, 1.54) is 0 Å². The van der Waals surface area contributed by atoms with Gasteiger partial charge >= 0.3 is 0 Å². The van der Waals surface area contributed by atoms with Crippen molar-refractivity contribution in [2.45, 2.75) is 5.25 Å². The maximum Gasteiger partial charge on any atom is 0.0562 e. The molecule has 0 aromatic heterocycles. The van der Waals surface area contributed by atoms with Crippen LogP contribution in [0, 0.1) is 0 Å². The summed E-state index contributed by atoms with van der Waals surface area (Å²) in [7, 11) is 0. The largest absolute Gasteiger partial charge is 0.395 e. The second kappa shape index (κ2) is 3.33. The lowest BCUT2D eigenvalue weighted by Gasteiger charge is -2.19. The van der Waals surface area contributed by atoms with Gasteiger partial charge in [-0.15, -0.1) is 0 Å². The zero-order valence-electron chi connectivity index (χ0n) is 4.76. The predicted octanol–water partition coefficient (Wildman–Crippen LogP) is -0.316. The van der Waals surface area contributed by atoms with Crippen molar-refractivity contribution in [2.24, 2.45) is 0 Å². The molecule has 0 amide bonds. The van der Waals surface area contributed by atoms with Gasteiger partial charge in [0.2, 0.25) is 0 Å². The van der Waals surface area contributed by atoms with Gasteiger partial charge in [-0.3, -0.25) is 0 Å². The van der Waals surface area contributed by atoms with E-state index in [4.69, 9.17) is 5.11 Å². The molecule has 0 spiro atoms. The average molecular weight is 133 g/mol. The van der Waals surface area contributed by atoms with Gasteiger partial charge in [0, 0.05) is 24.1 Å². The van der Waals surface area contributed by atoms with Crippen LogP contribution in [0.2, 0.25) is 0 Å². The summed E-state index contributed by atoms with van der Waals surface area (Å²) in [6.45, 7) is 2.39. The molecule has 1 atom stereocenters. The normalized spacial score (nSPS) is 30.4. The fraction of sp³-hybridized carbons (Fsp3) is 1.00. The minimum atomic E-state index is 0.317. The first-order chi connectivity index (χ1) is 3.93. The Morgan fingerprint density at radius 2 is 2.62 bits per heavy atom. The van der Waals surface area contributed by atoms with Gasteiger partial charge in [-0.05, 0) is 0 Å². The smallest absolute Gasteiger partial charge is 0.0562 e. The topological polar surface area (TPSA) is 32.3 Å². The highest BCUT2D eigenvalue weighted by Crippen LogP contribution is 2.11. The second-order valence-corrected chi connectivity index (χ2v) is 3.29. The van der Waals surface area contributed by atoms with Crippen molar-refractivity contribution in [3.63, 3.8) is 0 Å². The van der Waals surface area contributed by atoms with Crippen LogP contribution in [-0.4, -0.2) is 35.8 Å². The van der Waals surface area contributed by atoms with Crippen LogP contribution in [0.25, 0.3) is 0 Å². The Balaban J connectivity index is 2.13. The quantitative estimate of drug-likeness (QED) is 0.514. The first kappa shape index (κ1) is 6.39.